The van der Waals surface area contributed by atoms with E-state index in [0.717, 1.165) is 13.0 Å². The van der Waals surface area contributed by atoms with Crippen LogP contribution < -0.4 is 10.6 Å². The van der Waals surface area contributed by atoms with Crippen LogP contribution in [0.5, 0.6) is 0 Å². The standard InChI is InChI=1S/C18H24N2/c1-14-7-8-15(2)17(11-14)9-10-20(3)18-6-4-5-16(12-18)13-19/h4-8,11-12H,9-10,13,19H2,1-3H3. The fourth-order valence-electron chi connectivity index (χ4n) is 2.41. The van der Waals surface area contributed by atoms with Gasteiger partial charge in [-0.3, -0.25) is 0 Å². The lowest BCUT2D eigenvalue weighted by Gasteiger charge is -2.20. The first-order valence-corrected chi connectivity index (χ1v) is 7.16. The van der Waals surface area contributed by atoms with E-state index in [9.17, 15) is 0 Å². The maximum Gasteiger partial charge on any atom is 0.0366 e. The molecule has 0 aliphatic rings. The first kappa shape index (κ1) is 14.6. The van der Waals surface area contributed by atoms with Crippen LogP contribution in [0.25, 0.3) is 0 Å². The molecule has 2 aromatic rings. The Morgan fingerprint density at radius 1 is 1.05 bits per heavy atom. The highest BCUT2D eigenvalue weighted by atomic mass is 15.1. The predicted octanol–water partition coefficient (Wildman–Crippen LogP) is 3.44. The number of benzene rings is 2. The molecule has 2 aromatic carbocycles. The van der Waals surface area contributed by atoms with Gasteiger partial charge in [0.25, 0.3) is 0 Å². The smallest absolute Gasteiger partial charge is 0.0366 e. The van der Waals surface area contributed by atoms with Gasteiger partial charge in [-0.25, -0.2) is 0 Å². The molecule has 0 bridgehead atoms. The highest BCUT2D eigenvalue weighted by Gasteiger charge is 2.04. The number of nitrogens with zero attached hydrogens (tertiary/aromatic N) is 1. The lowest BCUT2D eigenvalue weighted by molar-refractivity contribution is 0.868. The van der Waals surface area contributed by atoms with E-state index in [1.165, 1.54) is 27.9 Å². The van der Waals surface area contributed by atoms with Gasteiger partial charge in [0.1, 0.15) is 0 Å². The second-order valence-corrected chi connectivity index (χ2v) is 5.48. The summed E-state index contributed by atoms with van der Waals surface area (Å²) in [5.74, 6) is 0. The van der Waals surface area contributed by atoms with Crippen molar-refractivity contribution in [1.82, 2.24) is 0 Å². The van der Waals surface area contributed by atoms with Gasteiger partial charge in [0, 0.05) is 25.8 Å². The maximum absolute atomic E-state index is 5.70. The summed E-state index contributed by atoms with van der Waals surface area (Å²) in [6.07, 6.45) is 1.07. The molecule has 0 saturated carbocycles. The summed E-state index contributed by atoms with van der Waals surface area (Å²) >= 11 is 0. The summed E-state index contributed by atoms with van der Waals surface area (Å²) in [5, 5.41) is 0. The average Bonchev–Trinajstić information content (AvgIpc) is 2.48. The van der Waals surface area contributed by atoms with Crippen LogP contribution in [-0.2, 0) is 13.0 Å². The van der Waals surface area contributed by atoms with Crippen molar-refractivity contribution in [2.45, 2.75) is 26.8 Å². The van der Waals surface area contributed by atoms with Crippen molar-refractivity contribution < 1.29 is 0 Å². The van der Waals surface area contributed by atoms with Crippen LogP contribution in [0.15, 0.2) is 42.5 Å². The van der Waals surface area contributed by atoms with Gasteiger partial charge in [-0.05, 0) is 49.1 Å². The molecule has 0 fully saturated rings. The zero-order chi connectivity index (χ0) is 14.5. The van der Waals surface area contributed by atoms with E-state index in [1.807, 2.05) is 0 Å². The largest absolute Gasteiger partial charge is 0.374 e. The molecule has 0 aliphatic carbocycles. The van der Waals surface area contributed by atoms with Crippen LogP contribution in [-0.4, -0.2) is 13.6 Å². The summed E-state index contributed by atoms with van der Waals surface area (Å²) in [7, 11) is 2.14. The molecule has 0 aliphatic heterocycles. The third-order valence-electron chi connectivity index (χ3n) is 3.81. The molecular weight excluding hydrogens is 244 g/mol. The number of nitrogens with two attached hydrogens (primary N) is 1. The topological polar surface area (TPSA) is 29.3 Å². The molecule has 20 heavy (non-hydrogen) atoms. The summed E-state index contributed by atoms with van der Waals surface area (Å²) < 4.78 is 0. The van der Waals surface area contributed by atoms with Crippen LogP contribution in [0.4, 0.5) is 5.69 Å². The van der Waals surface area contributed by atoms with Crippen LogP contribution in [0, 0.1) is 13.8 Å². The van der Waals surface area contributed by atoms with Gasteiger partial charge >= 0.3 is 0 Å². The highest BCUT2D eigenvalue weighted by molar-refractivity contribution is 5.48. The van der Waals surface area contributed by atoms with Gasteiger partial charge in [-0.2, -0.15) is 0 Å². The van der Waals surface area contributed by atoms with Crippen LogP contribution in [0.2, 0.25) is 0 Å². The molecule has 0 saturated heterocycles. The Bertz CT molecular complexity index is 575. The fourth-order valence-corrected chi connectivity index (χ4v) is 2.41. The Kier molecular flexibility index (Phi) is 4.80. The van der Waals surface area contributed by atoms with Crippen molar-refractivity contribution in [3.05, 3.63) is 64.7 Å². The Morgan fingerprint density at radius 3 is 2.60 bits per heavy atom. The average molecular weight is 268 g/mol. The molecule has 0 aromatic heterocycles. The van der Waals surface area contributed by atoms with Crippen molar-refractivity contribution in [2.75, 3.05) is 18.5 Å². The van der Waals surface area contributed by atoms with Crippen molar-refractivity contribution in [2.24, 2.45) is 5.73 Å². The molecule has 2 nitrogen and oxygen atoms in total. The molecule has 0 atom stereocenters. The van der Waals surface area contributed by atoms with Crippen molar-refractivity contribution in [3.8, 4) is 0 Å². The van der Waals surface area contributed by atoms with Gasteiger partial charge in [0.15, 0.2) is 0 Å². The molecule has 0 spiro atoms. The number of anilines is 1. The Morgan fingerprint density at radius 2 is 1.85 bits per heavy atom. The summed E-state index contributed by atoms with van der Waals surface area (Å²) in [6.45, 7) is 5.94. The Balaban J connectivity index is 2.04. The van der Waals surface area contributed by atoms with E-state index < -0.39 is 0 Å². The van der Waals surface area contributed by atoms with Crippen LogP contribution >= 0.6 is 0 Å². The number of hydrogen-bond donors (Lipinski definition) is 1. The highest BCUT2D eigenvalue weighted by Crippen LogP contribution is 2.17. The quantitative estimate of drug-likeness (QED) is 0.900. The van der Waals surface area contributed by atoms with E-state index in [2.05, 4.69) is 68.3 Å². The van der Waals surface area contributed by atoms with Crippen molar-refractivity contribution >= 4 is 5.69 Å². The third kappa shape index (κ3) is 3.61. The Labute approximate surface area is 122 Å². The third-order valence-corrected chi connectivity index (χ3v) is 3.81. The monoisotopic (exact) mass is 268 g/mol. The SMILES string of the molecule is Cc1ccc(C)c(CCN(C)c2cccc(CN)c2)c1. The minimum Gasteiger partial charge on any atom is -0.374 e. The fraction of sp³-hybridized carbons (Fsp3) is 0.333. The molecule has 106 valence electrons. The number of hydrogen-bond acceptors (Lipinski definition) is 2. The van der Waals surface area contributed by atoms with E-state index in [-0.39, 0.29) is 0 Å². The van der Waals surface area contributed by atoms with E-state index in [1.54, 1.807) is 0 Å². The predicted molar refractivity (Wildman–Crippen MR) is 87.2 cm³/mol. The molecule has 0 heterocycles. The molecular formula is C18H24N2. The lowest BCUT2D eigenvalue weighted by Crippen LogP contribution is -2.20. The second kappa shape index (κ2) is 6.58. The number of aryl methyl sites for hydroxylation is 2. The molecule has 2 N–H and O–H groups in total. The van der Waals surface area contributed by atoms with Gasteiger partial charge in [0.2, 0.25) is 0 Å². The van der Waals surface area contributed by atoms with Gasteiger partial charge in [-0.15, -0.1) is 0 Å². The zero-order valence-electron chi connectivity index (χ0n) is 12.7. The van der Waals surface area contributed by atoms with E-state index in [0.29, 0.717) is 6.54 Å². The number of rotatable bonds is 5. The molecule has 2 heteroatoms. The normalized spacial score (nSPS) is 10.6. The Hall–Kier alpha value is -1.80. The van der Waals surface area contributed by atoms with Crippen molar-refractivity contribution in [1.29, 1.82) is 0 Å². The van der Waals surface area contributed by atoms with Crippen molar-refractivity contribution in [3.63, 3.8) is 0 Å². The van der Waals surface area contributed by atoms with Crippen LogP contribution in [0.3, 0.4) is 0 Å². The number of likely N-dealkylation sites (N-methyl/N-ethyl adjacent to an activating group) is 1. The summed E-state index contributed by atoms with van der Waals surface area (Å²) in [4.78, 5) is 2.29. The second-order valence-electron chi connectivity index (χ2n) is 5.48. The first-order valence-electron chi connectivity index (χ1n) is 7.16. The minimum atomic E-state index is 0.596. The molecule has 2 rings (SSSR count). The summed E-state index contributed by atoms with van der Waals surface area (Å²) in [5.41, 5.74) is 12.3. The first-order chi connectivity index (χ1) is 9.60. The van der Waals surface area contributed by atoms with Gasteiger partial charge in [-0.1, -0.05) is 35.9 Å². The molecule has 0 radical (unpaired) electrons. The van der Waals surface area contributed by atoms with E-state index in [4.69, 9.17) is 5.73 Å². The zero-order valence-corrected chi connectivity index (χ0v) is 12.7. The maximum atomic E-state index is 5.70. The van der Waals surface area contributed by atoms with Crippen LogP contribution in [0.1, 0.15) is 22.3 Å². The van der Waals surface area contributed by atoms with E-state index >= 15 is 0 Å². The van der Waals surface area contributed by atoms with Gasteiger partial charge < -0.3 is 10.6 Å². The van der Waals surface area contributed by atoms with Gasteiger partial charge in [0.05, 0.1) is 0 Å². The molecule has 0 unspecified atom stereocenters. The molecule has 0 amide bonds. The summed E-state index contributed by atoms with van der Waals surface area (Å²) in [6, 6.07) is 15.1. The minimum absolute atomic E-state index is 0.596. The lowest BCUT2D eigenvalue weighted by atomic mass is 10.0.